The molecule has 0 bridgehead atoms. The number of carbonyl (C=O) groups excluding carboxylic acids is 3. The van der Waals surface area contributed by atoms with Crippen LogP contribution in [-0.4, -0.2) is 30.9 Å². The van der Waals surface area contributed by atoms with Gasteiger partial charge in [-0.15, -0.1) is 0 Å². The average molecular weight is 390 g/mol. The molecular weight excluding hydrogens is 372 g/mol. The Balaban J connectivity index is 1.32. The molecule has 0 spiro atoms. The third kappa shape index (κ3) is 4.03. The number of esters is 1. The third-order valence-corrected chi connectivity index (χ3v) is 4.64. The van der Waals surface area contributed by atoms with Crippen molar-refractivity contribution in [1.29, 1.82) is 0 Å². The summed E-state index contributed by atoms with van der Waals surface area (Å²) in [5.74, 6) is -1.06. The molecule has 0 fully saturated rings. The Morgan fingerprint density at radius 1 is 1.00 bits per heavy atom. The van der Waals surface area contributed by atoms with Crippen LogP contribution >= 0.6 is 0 Å². The zero-order valence-corrected chi connectivity index (χ0v) is 15.5. The van der Waals surface area contributed by atoms with Crippen LogP contribution in [0.2, 0.25) is 0 Å². The van der Waals surface area contributed by atoms with Gasteiger partial charge in [-0.25, -0.2) is 4.79 Å². The monoisotopic (exact) mass is 390 g/mol. The number of benzene rings is 2. The highest BCUT2D eigenvalue weighted by molar-refractivity contribution is 6.02. The maximum atomic E-state index is 12.4. The van der Waals surface area contributed by atoms with Gasteiger partial charge in [-0.3, -0.25) is 9.59 Å². The van der Waals surface area contributed by atoms with Crippen molar-refractivity contribution >= 4 is 29.2 Å². The van der Waals surface area contributed by atoms with E-state index in [0.717, 1.165) is 17.7 Å². The molecule has 146 valence electrons. The van der Waals surface area contributed by atoms with Gasteiger partial charge in [0.15, 0.2) is 12.4 Å². The number of para-hydroxylation sites is 1. The fourth-order valence-corrected chi connectivity index (χ4v) is 3.18. The molecule has 2 amide bonds. The summed E-state index contributed by atoms with van der Waals surface area (Å²) in [6.45, 7) is 0.254. The van der Waals surface area contributed by atoms with E-state index in [9.17, 15) is 14.4 Å². The Morgan fingerprint density at radius 2 is 1.79 bits per heavy atom. The van der Waals surface area contributed by atoms with E-state index in [0.29, 0.717) is 12.2 Å². The molecule has 1 aliphatic rings. The van der Waals surface area contributed by atoms with Gasteiger partial charge in [-0.05, 0) is 54.4 Å². The van der Waals surface area contributed by atoms with Crippen molar-refractivity contribution < 1.29 is 23.5 Å². The lowest BCUT2D eigenvalue weighted by atomic mass is 10.2. The molecule has 0 radical (unpaired) electrons. The Bertz CT molecular complexity index is 1040. The Kier molecular flexibility index (Phi) is 5.11. The first-order chi connectivity index (χ1) is 14.1. The van der Waals surface area contributed by atoms with Crippen molar-refractivity contribution in [3.05, 3.63) is 83.8 Å². The summed E-state index contributed by atoms with van der Waals surface area (Å²) in [6, 6.07) is 17.1. The van der Waals surface area contributed by atoms with E-state index >= 15 is 0 Å². The molecule has 2 heterocycles. The number of fused-ring (bicyclic) bond motifs is 1. The van der Waals surface area contributed by atoms with E-state index in [1.807, 2.05) is 24.3 Å². The number of furan rings is 1. The molecule has 7 nitrogen and oxygen atoms in total. The molecule has 0 aliphatic carbocycles. The molecule has 4 rings (SSSR count). The van der Waals surface area contributed by atoms with Crippen LogP contribution in [0.25, 0.3) is 0 Å². The number of carbonyl (C=O) groups is 3. The smallest absolute Gasteiger partial charge is 0.338 e. The number of rotatable bonds is 5. The van der Waals surface area contributed by atoms with E-state index in [-0.39, 0.29) is 29.7 Å². The zero-order valence-electron chi connectivity index (χ0n) is 15.5. The van der Waals surface area contributed by atoms with Gasteiger partial charge in [0.2, 0.25) is 0 Å². The molecule has 1 aliphatic heterocycles. The van der Waals surface area contributed by atoms with Crippen LogP contribution in [0.5, 0.6) is 0 Å². The van der Waals surface area contributed by atoms with Crippen molar-refractivity contribution in [2.75, 3.05) is 23.4 Å². The number of amides is 2. The quantitative estimate of drug-likeness (QED) is 0.676. The van der Waals surface area contributed by atoms with E-state index in [2.05, 4.69) is 5.32 Å². The fraction of sp³-hybridized carbons (Fsp3) is 0.136. The topological polar surface area (TPSA) is 88.9 Å². The van der Waals surface area contributed by atoms with Crippen molar-refractivity contribution in [3.63, 3.8) is 0 Å². The summed E-state index contributed by atoms with van der Waals surface area (Å²) in [4.78, 5) is 38.2. The number of hydrogen-bond donors (Lipinski definition) is 1. The number of ether oxygens (including phenoxy) is 1. The molecule has 0 atom stereocenters. The van der Waals surface area contributed by atoms with Gasteiger partial charge in [-0.1, -0.05) is 18.2 Å². The highest BCUT2D eigenvalue weighted by atomic mass is 16.5. The maximum Gasteiger partial charge on any atom is 0.338 e. The molecule has 3 aromatic rings. The number of anilines is 2. The first kappa shape index (κ1) is 18.5. The van der Waals surface area contributed by atoms with Crippen LogP contribution in [0.3, 0.4) is 0 Å². The number of nitrogens with one attached hydrogen (secondary N) is 1. The van der Waals surface area contributed by atoms with Crippen LogP contribution in [0.4, 0.5) is 11.4 Å². The normalized spacial score (nSPS) is 12.3. The largest absolute Gasteiger partial charge is 0.459 e. The van der Waals surface area contributed by atoms with Crippen molar-refractivity contribution in [3.8, 4) is 0 Å². The van der Waals surface area contributed by atoms with Crippen LogP contribution in [-0.2, 0) is 16.0 Å². The lowest BCUT2D eigenvalue weighted by Crippen LogP contribution is -2.33. The lowest BCUT2D eigenvalue weighted by molar-refractivity contribution is -0.121. The zero-order chi connectivity index (χ0) is 20.2. The Morgan fingerprint density at radius 3 is 2.55 bits per heavy atom. The van der Waals surface area contributed by atoms with Crippen LogP contribution in [0.1, 0.15) is 26.5 Å². The standard InChI is InChI=1S/C22H18N2O5/c25-20(24-12-11-15-4-1-2-5-18(15)24)14-29-22(27)16-7-9-17(10-8-16)23-21(26)19-6-3-13-28-19/h1-10,13H,11-12,14H2,(H,23,26). The molecule has 29 heavy (non-hydrogen) atoms. The molecule has 2 aromatic carbocycles. The van der Waals surface area contributed by atoms with Gasteiger partial charge in [0, 0.05) is 17.9 Å². The van der Waals surface area contributed by atoms with E-state index in [4.69, 9.17) is 9.15 Å². The summed E-state index contributed by atoms with van der Waals surface area (Å²) in [7, 11) is 0. The summed E-state index contributed by atoms with van der Waals surface area (Å²) in [5, 5.41) is 2.66. The second-order valence-corrected chi connectivity index (χ2v) is 6.51. The van der Waals surface area contributed by atoms with Crippen molar-refractivity contribution in [2.45, 2.75) is 6.42 Å². The second-order valence-electron chi connectivity index (χ2n) is 6.51. The highest BCUT2D eigenvalue weighted by Gasteiger charge is 2.25. The first-order valence-corrected chi connectivity index (χ1v) is 9.12. The molecule has 0 saturated carbocycles. The Hall–Kier alpha value is -3.87. The van der Waals surface area contributed by atoms with Gasteiger partial charge in [0.25, 0.3) is 11.8 Å². The third-order valence-electron chi connectivity index (χ3n) is 4.64. The Labute approximate surface area is 166 Å². The van der Waals surface area contributed by atoms with Crippen LogP contribution in [0, 0.1) is 0 Å². The van der Waals surface area contributed by atoms with Gasteiger partial charge >= 0.3 is 5.97 Å². The minimum absolute atomic E-state index is 0.190. The molecular formula is C22H18N2O5. The summed E-state index contributed by atoms with van der Waals surface area (Å²) < 4.78 is 10.2. The van der Waals surface area contributed by atoms with Crippen molar-refractivity contribution in [2.24, 2.45) is 0 Å². The summed E-state index contributed by atoms with van der Waals surface area (Å²) in [6.07, 6.45) is 2.21. The summed E-state index contributed by atoms with van der Waals surface area (Å²) >= 11 is 0. The number of nitrogens with zero attached hydrogens (tertiary/aromatic N) is 1. The fourth-order valence-electron chi connectivity index (χ4n) is 3.18. The molecule has 1 N–H and O–H groups in total. The number of hydrogen-bond acceptors (Lipinski definition) is 5. The van der Waals surface area contributed by atoms with E-state index < -0.39 is 5.97 Å². The second kappa shape index (κ2) is 8.02. The van der Waals surface area contributed by atoms with Gasteiger partial charge in [0.05, 0.1) is 11.8 Å². The SMILES string of the molecule is O=C(OCC(=O)N1CCc2ccccc21)c1ccc(NC(=O)c2ccco2)cc1. The first-order valence-electron chi connectivity index (χ1n) is 9.12. The van der Waals surface area contributed by atoms with Gasteiger partial charge < -0.3 is 19.4 Å². The minimum Gasteiger partial charge on any atom is -0.459 e. The molecule has 0 unspecified atom stereocenters. The van der Waals surface area contributed by atoms with Gasteiger partial charge in [-0.2, -0.15) is 0 Å². The predicted molar refractivity (Wildman–Crippen MR) is 106 cm³/mol. The lowest BCUT2D eigenvalue weighted by Gasteiger charge is -2.17. The van der Waals surface area contributed by atoms with E-state index in [1.54, 1.807) is 29.2 Å². The van der Waals surface area contributed by atoms with Crippen LogP contribution < -0.4 is 10.2 Å². The van der Waals surface area contributed by atoms with Crippen molar-refractivity contribution in [1.82, 2.24) is 0 Å². The minimum atomic E-state index is -0.602. The van der Waals surface area contributed by atoms with Crippen LogP contribution in [0.15, 0.2) is 71.3 Å². The maximum absolute atomic E-state index is 12.4. The molecule has 0 saturated heterocycles. The predicted octanol–water partition coefficient (Wildman–Crippen LogP) is 3.28. The van der Waals surface area contributed by atoms with Gasteiger partial charge in [0.1, 0.15) is 0 Å². The summed E-state index contributed by atoms with van der Waals surface area (Å²) in [5.41, 5.74) is 2.77. The van der Waals surface area contributed by atoms with E-state index in [1.165, 1.54) is 18.4 Å². The average Bonchev–Trinajstić information content (AvgIpc) is 3.42. The molecule has 1 aromatic heterocycles. The molecule has 7 heteroatoms. The highest BCUT2D eigenvalue weighted by Crippen LogP contribution is 2.27.